The fourth-order valence-corrected chi connectivity index (χ4v) is 4.00. The van der Waals surface area contributed by atoms with Crippen molar-refractivity contribution in [2.24, 2.45) is 0 Å². The number of amides is 1. The van der Waals surface area contributed by atoms with Crippen molar-refractivity contribution in [3.63, 3.8) is 0 Å². The minimum absolute atomic E-state index is 0.0554. The molecule has 0 aliphatic carbocycles. The summed E-state index contributed by atoms with van der Waals surface area (Å²) in [6.45, 7) is 4.13. The number of carbonyl (C=O) groups excluding carboxylic acids is 1. The molecule has 4 heterocycles. The molecule has 3 aromatic rings. The van der Waals surface area contributed by atoms with E-state index in [1.165, 1.54) is 0 Å². The van der Waals surface area contributed by atoms with Gasteiger partial charge in [-0.1, -0.05) is 0 Å². The summed E-state index contributed by atoms with van der Waals surface area (Å²) in [5, 5.41) is 2.06. The molecule has 0 aromatic carbocycles. The second-order valence-electron chi connectivity index (χ2n) is 6.67. The van der Waals surface area contributed by atoms with E-state index in [0.29, 0.717) is 12.1 Å². The number of nitrogens with zero attached hydrogens (tertiary/aromatic N) is 5. The first-order valence-electron chi connectivity index (χ1n) is 8.81. The van der Waals surface area contributed by atoms with Gasteiger partial charge in [0.2, 0.25) is 0 Å². The molecule has 1 amide bonds. The lowest BCUT2D eigenvalue weighted by Crippen LogP contribution is -2.39. The van der Waals surface area contributed by atoms with Crippen molar-refractivity contribution in [1.29, 1.82) is 0 Å². The van der Waals surface area contributed by atoms with Crippen molar-refractivity contribution in [3.05, 3.63) is 64.4 Å². The van der Waals surface area contributed by atoms with Crippen LogP contribution in [0.25, 0.3) is 0 Å². The van der Waals surface area contributed by atoms with E-state index in [1.54, 1.807) is 17.5 Å². The van der Waals surface area contributed by atoms with Gasteiger partial charge < -0.3 is 9.47 Å². The topological polar surface area (TPSA) is 63.9 Å². The molecule has 0 spiro atoms. The molecule has 1 saturated heterocycles. The Hall–Kier alpha value is -2.54. The Labute approximate surface area is 156 Å². The number of aromatic nitrogens is 4. The van der Waals surface area contributed by atoms with Crippen LogP contribution in [0.15, 0.2) is 41.6 Å². The summed E-state index contributed by atoms with van der Waals surface area (Å²) in [6.07, 6.45) is 7.54. The third-order valence-corrected chi connectivity index (χ3v) is 5.43. The van der Waals surface area contributed by atoms with E-state index >= 15 is 0 Å². The van der Waals surface area contributed by atoms with E-state index in [9.17, 15) is 4.79 Å². The molecule has 6 nitrogen and oxygen atoms in total. The number of carbonyl (C=O) groups is 1. The van der Waals surface area contributed by atoms with E-state index in [4.69, 9.17) is 0 Å². The maximum atomic E-state index is 12.8. The van der Waals surface area contributed by atoms with Gasteiger partial charge in [0.25, 0.3) is 5.91 Å². The van der Waals surface area contributed by atoms with Crippen LogP contribution in [0.3, 0.4) is 0 Å². The van der Waals surface area contributed by atoms with Gasteiger partial charge in [-0.2, -0.15) is 0 Å². The summed E-state index contributed by atoms with van der Waals surface area (Å²) in [6, 6.07) is 3.74. The first kappa shape index (κ1) is 16.9. The molecule has 1 fully saturated rings. The summed E-state index contributed by atoms with van der Waals surface area (Å²) in [7, 11) is 0. The Bertz CT molecular complexity index is 872. The minimum atomic E-state index is 0.0554. The maximum absolute atomic E-state index is 12.8. The molecule has 134 valence electrons. The molecule has 26 heavy (non-hydrogen) atoms. The molecule has 0 bridgehead atoms. The fourth-order valence-electron chi connectivity index (χ4n) is 3.45. The zero-order chi connectivity index (χ0) is 17.9. The average molecular weight is 367 g/mol. The van der Waals surface area contributed by atoms with Crippen LogP contribution in [0.4, 0.5) is 0 Å². The summed E-state index contributed by atoms with van der Waals surface area (Å²) >= 11 is 1.60. The second-order valence-corrected chi connectivity index (χ2v) is 7.39. The SMILES string of the molecule is Cc1ccc(C(=O)N2CCCC(c3nccn3Cc3cscn3)C2)cn1. The highest BCUT2D eigenvalue weighted by molar-refractivity contribution is 7.07. The number of aryl methyl sites for hydroxylation is 1. The monoisotopic (exact) mass is 367 g/mol. The van der Waals surface area contributed by atoms with Crippen molar-refractivity contribution in [2.45, 2.75) is 32.2 Å². The summed E-state index contributed by atoms with van der Waals surface area (Å²) < 4.78 is 2.15. The third kappa shape index (κ3) is 3.53. The van der Waals surface area contributed by atoms with Gasteiger partial charge >= 0.3 is 0 Å². The number of hydrogen-bond acceptors (Lipinski definition) is 5. The van der Waals surface area contributed by atoms with Gasteiger partial charge in [0, 0.05) is 48.7 Å². The van der Waals surface area contributed by atoms with Crippen LogP contribution in [-0.2, 0) is 6.54 Å². The van der Waals surface area contributed by atoms with Gasteiger partial charge in [-0.05, 0) is 31.9 Å². The molecule has 0 N–H and O–H groups in total. The molecule has 1 unspecified atom stereocenters. The number of piperidine rings is 1. The van der Waals surface area contributed by atoms with Crippen molar-refractivity contribution in [1.82, 2.24) is 24.4 Å². The number of likely N-dealkylation sites (tertiary alicyclic amines) is 1. The molecule has 0 radical (unpaired) electrons. The fraction of sp³-hybridized carbons (Fsp3) is 0.368. The Kier molecular flexibility index (Phi) is 4.79. The van der Waals surface area contributed by atoms with Gasteiger partial charge in [0.15, 0.2) is 0 Å². The predicted molar refractivity (Wildman–Crippen MR) is 100 cm³/mol. The standard InChI is InChI=1S/C19H21N5OS/c1-14-4-5-15(9-21-14)19(25)24-7-2-3-16(10-24)18-20-6-8-23(18)11-17-12-26-13-22-17/h4-6,8-9,12-13,16H,2-3,7,10-11H2,1H3. The molecular weight excluding hydrogens is 346 g/mol. The first-order chi connectivity index (χ1) is 12.7. The molecule has 0 saturated carbocycles. The zero-order valence-electron chi connectivity index (χ0n) is 14.7. The summed E-state index contributed by atoms with van der Waals surface area (Å²) in [5.41, 5.74) is 4.47. The Balaban J connectivity index is 1.50. The quantitative estimate of drug-likeness (QED) is 0.711. The third-order valence-electron chi connectivity index (χ3n) is 4.80. The van der Waals surface area contributed by atoms with Crippen molar-refractivity contribution in [2.75, 3.05) is 13.1 Å². The molecule has 4 rings (SSSR count). The lowest BCUT2D eigenvalue weighted by molar-refractivity contribution is 0.0703. The predicted octanol–water partition coefficient (Wildman–Crippen LogP) is 3.11. The van der Waals surface area contributed by atoms with Gasteiger partial charge in [-0.3, -0.25) is 9.78 Å². The van der Waals surface area contributed by atoms with E-state index in [-0.39, 0.29) is 11.8 Å². The van der Waals surface area contributed by atoms with E-state index in [2.05, 4.69) is 24.9 Å². The smallest absolute Gasteiger partial charge is 0.255 e. The molecule has 1 atom stereocenters. The summed E-state index contributed by atoms with van der Waals surface area (Å²) in [5.74, 6) is 1.34. The highest BCUT2D eigenvalue weighted by Crippen LogP contribution is 2.27. The Morgan fingerprint density at radius 3 is 3.00 bits per heavy atom. The van der Waals surface area contributed by atoms with Gasteiger partial charge in [-0.25, -0.2) is 9.97 Å². The molecule has 3 aromatic heterocycles. The number of imidazole rings is 1. The molecule has 1 aliphatic rings. The van der Waals surface area contributed by atoms with Crippen molar-refractivity contribution < 1.29 is 4.79 Å². The molecule has 7 heteroatoms. The highest BCUT2D eigenvalue weighted by Gasteiger charge is 2.28. The van der Waals surface area contributed by atoms with Gasteiger partial charge in [0.1, 0.15) is 5.82 Å². The van der Waals surface area contributed by atoms with E-state index < -0.39 is 0 Å². The highest BCUT2D eigenvalue weighted by atomic mass is 32.1. The van der Waals surface area contributed by atoms with Crippen molar-refractivity contribution >= 4 is 17.2 Å². The second kappa shape index (κ2) is 7.37. The minimum Gasteiger partial charge on any atom is -0.338 e. The number of rotatable bonds is 4. The molecule has 1 aliphatic heterocycles. The van der Waals surface area contributed by atoms with Crippen molar-refractivity contribution in [3.8, 4) is 0 Å². The number of hydrogen-bond donors (Lipinski definition) is 0. The van der Waals surface area contributed by atoms with Crippen LogP contribution in [0.5, 0.6) is 0 Å². The van der Waals surface area contributed by atoms with E-state index in [1.807, 2.05) is 41.9 Å². The Morgan fingerprint density at radius 1 is 1.31 bits per heavy atom. The van der Waals surface area contributed by atoms with E-state index in [0.717, 1.165) is 43.1 Å². The number of pyridine rings is 1. The zero-order valence-corrected chi connectivity index (χ0v) is 15.5. The Morgan fingerprint density at radius 2 is 2.23 bits per heavy atom. The summed E-state index contributed by atoms with van der Waals surface area (Å²) in [4.78, 5) is 28.0. The van der Waals surface area contributed by atoms with Gasteiger partial charge in [0.05, 0.1) is 23.3 Å². The van der Waals surface area contributed by atoms with Crippen LogP contribution in [-0.4, -0.2) is 43.4 Å². The van der Waals surface area contributed by atoms with Crippen LogP contribution in [0, 0.1) is 6.92 Å². The van der Waals surface area contributed by atoms with Crippen LogP contribution in [0.2, 0.25) is 0 Å². The van der Waals surface area contributed by atoms with Gasteiger partial charge in [-0.15, -0.1) is 11.3 Å². The lowest BCUT2D eigenvalue weighted by atomic mass is 9.96. The number of thiazole rings is 1. The largest absolute Gasteiger partial charge is 0.338 e. The average Bonchev–Trinajstić information content (AvgIpc) is 3.34. The lowest BCUT2D eigenvalue weighted by Gasteiger charge is -2.32. The van der Waals surface area contributed by atoms with Crippen LogP contribution < -0.4 is 0 Å². The normalized spacial score (nSPS) is 17.4. The molecular formula is C19H21N5OS. The van der Waals surface area contributed by atoms with Crippen LogP contribution >= 0.6 is 11.3 Å². The van der Waals surface area contributed by atoms with Crippen LogP contribution in [0.1, 0.15) is 46.3 Å². The first-order valence-corrected chi connectivity index (χ1v) is 9.75. The maximum Gasteiger partial charge on any atom is 0.255 e.